The standard InChI is InChI=1S/C18H19ClN2O5S2/c19-16-6-7-17(27-16)28(23,24)21-8-2-1-3-13(21)18(22)20-12-4-5-14-15(11-12)26-10-9-25-14/h4-7,11,13H,1-3,8-10H2,(H,20,22)/t13-/m1/s1. The number of sulfonamides is 1. The summed E-state index contributed by atoms with van der Waals surface area (Å²) in [6.07, 6.45) is 1.97. The average molecular weight is 443 g/mol. The fourth-order valence-corrected chi connectivity index (χ4v) is 6.62. The normalized spacial score (nSPS) is 20.0. The van der Waals surface area contributed by atoms with Gasteiger partial charge in [0.1, 0.15) is 23.5 Å². The van der Waals surface area contributed by atoms with Crippen LogP contribution in [0.4, 0.5) is 5.69 Å². The Hall–Kier alpha value is -1.81. The van der Waals surface area contributed by atoms with Crippen molar-refractivity contribution in [3.63, 3.8) is 0 Å². The van der Waals surface area contributed by atoms with Crippen molar-refractivity contribution in [2.75, 3.05) is 25.1 Å². The first-order valence-electron chi connectivity index (χ1n) is 8.93. The van der Waals surface area contributed by atoms with Crippen molar-refractivity contribution in [3.05, 3.63) is 34.7 Å². The molecule has 1 atom stereocenters. The van der Waals surface area contributed by atoms with E-state index in [4.69, 9.17) is 21.1 Å². The number of hydrogen-bond donors (Lipinski definition) is 1. The van der Waals surface area contributed by atoms with E-state index in [1.807, 2.05) is 0 Å². The Kier molecular flexibility index (Phi) is 5.50. The number of hydrogen-bond acceptors (Lipinski definition) is 6. The SMILES string of the molecule is O=C(Nc1ccc2c(c1)OCCO2)[C@H]1CCCCN1S(=O)(=O)c1ccc(Cl)s1. The molecule has 1 aromatic heterocycles. The Balaban J connectivity index is 1.55. The van der Waals surface area contributed by atoms with Gasteiger partial charge in [0.25, 0.3) is 10.0 Å². The number of carbonyl (C=O) groups is 1. The van der Waals surface area contributed by atoms with Gasteiger partial charge in [0.2, 0.25) is 5.91 Å². The van der Waals surface area contributed by atoms with E-state index in [1.54, 1.807) is 24.3 Å². The van der Waals surface area contributed by atoms with Crippen LogP contribution in [0.3, 0.4) is 0 Å². The largest absolute Gasteiger partial charge is 0.486 e. The molecule has 0 radical (unpaired) electrons. The van der Waals surface area contributed by atoms with Gasteiger partial charge in [0.05, 0.1) is 4.34 Å². The third kappa shape index (κ3) is 3.84. The number of nitrogens with one attached hydrogen (secondary N) is 1. The Labute approximate surface area is 172 Å². The third-order valence-corrected chi connectivity index (χ3v) is 8.28. The van der Waals surface area contributed by atoms with Gasteiger partial charge >= 0.3 is 0 Å². The lowest BCUT2D eigenvalue weighted by Gasteiger charge is -2.33. The lowest BCUT2D eigenvalue weighted by Crippen LogP contribution is -2.49. The lowest BCUT2D eigenvalue weighted by molar-refractivity contribution is -0.120. The number of rotatable bonds is 4. The molecule has 1 N–H and O–H groups in total. The van der Waals surface area contributed by atoms with Crippen LogP contribution in [-0.4, -0.2) is 44.4 Å². The predicted molar refractivity (Wildman–Crippen MR) is 107 cm³/mol. The van der Waals surface area contributed by atoms with E-state index in [2.05, 4.69) is 5.32 Å². The number of piperidine rings is 1. The van der Waals surface area contributed by atoms with Crippen molar-refractivity contribution in [2.45, 2.75) is 29.5 Å². The molecule has 0 spiro atoms. The average Bonchev–Trinajstić information content (AvgIpc) is 3.15. The lowest BCUT2D eigenvalue weighted by atomic mass is 10.0. The number of fused-ring (bicyclic) bond motifs is 1. The summed E-state index contributed by atoms with van der Waals surface area (Å²) >= 11 is 6.90. The van der Waals surface area contributed by atoms with Gasteiger partial charge in [-0.25, -0.2) is 8.42 Å². The van der Waals surface area contributed by atoms with Gasteiger partial charge in [-0.05, 0) is 37.1 Å². The highest BCUT2D eigenvalue weighted by molar-refractivity contribution is 7.91. The van der Waals surface area contributed by atoms with Crippen molar-refractivity contribution < 1.29 is 22.7 Å². The first-order chi connectivity index (χ1) is 13.4. The summed E-state index contributed by atoms with van der Waals surface area (Å²) in [6.45, 7) is 1.24. The van der Waals surface area contributed by atoms with E-state index in [-0.39, 0.29) is 10.1 Å². The molecule has 0 saturated carbocycles. The van der Waals surface area contributed by atoms with E-state index in [1.165, 1.54) is 10.4 Å². The summed E-state index contributed by atoms with van der Waals surface area (Å²) in [4.78, 5) is 12.9. The van der Waals surface area contributed by atoms with E-state index in [0.29, 0.717) is 54.1 Å². The number of ether oxygens (including phenoxy) is 2. The van der Waals surface area contributed by atoms with E-state index in [0.717, 1.165) is 17.8 Å². The van der Waals surface area contributed by atoms with Crippen LogP contribution >= 0.6 is 22.9 Å². The maximum absolute atomic E-state index is 13.0. The van der Waals surface area contributed by atoms with Crippen molar-refractivity contribution in [1.82, 2.24) is 4.31 Å². The number of amides is 1. The van der Waals surface area contributed by atoms with Crippen LogP contribution in [0.5, 0.6) is 11.5 Å². The van der Waals surface area contributed by atoms with E-state index >= 15 is 0 Å². The minimum Gasteiger partial charge on any atom is -0.486 e. The van der Waals surface area contributed by atoms with Crippen LogP contribution in [0, 0.1) is 0 Å². The van der Waals surface area contributed by atoms with Crippen molar-refractivity contribution in [1.29, 1.82) is 0 Å². The van der Waals surface area contributed by atoms with Gasteiger partial charge in [0, 0.05) is 18.3 Å². The molecule has 28 heavy (non-hydrogen) atoms. The minimum atomic E-state index is -3.78. The first kappa shape index (κ1) is 19.5. The number of halogens is 1. The Morgan fingerprint density at radius 1 is 1.14 bits per heavy atom. The van der Waals surface area contributed by atoms with Crippen LogP contribution in [0.1, 0.15) is 19.3 Å². The van der Waals surface area contributed by atoms with Crippen molar-refractivity contribution in [3.8, 4) is 11.5 Å². The van der Waals surface area contributed by atoms with Gasteiger partial charge in [-0.15, -0.1) is 11.3 Å². The molecule has 0 bridgehead atoms. The molecule has 150 valence electrons. The molecule has 2 aliphatic heterocycles. The maximum atomic E-state index is 13.0. The molecule has 0 aliphatic carbocycles. The zero-order valence-corrected chi connectivity index (χ0v) is 17.3. The Morgan fingerprint density at radius 2 is 1.93 bits per heavy atom. The maximum Gasteiger partial charge on any atom is 0.253 e. The van der Waals surface area contributed by atoms with Crippen LogP contribution in [0.2, 0.25) is 4.34 Å². The highest BCUT2D eigenvalue weighted by Crippen LogP contribution is 2.34. The topological polar surface area (TPSA) is 84.9 Å². The molecule has 3 heterocycles. The molecule has 1 saturated heterocycles. The van der Waals surface area contributed by atoms with Gasteiger partial charge in [-0.1, -0.05) is 18.0 Å². The molecule has 10 heteroatoms. The van der Waals surface area contributed by atoms with Crippen LogP contribution < -0.4 is 14.8 Å². The van der Waals surface area contributed by atoms with E-state index in [9.17, 15) is 13.2 Å². The second-order valence-electron chi connectivity index (χ2n) is 6.53. The second kappa shape index (κ2) is 7.90. The van der Waals surface area contributed by atoms with Gasteiger partial charge in [-0.3, -0.25) is 4.79 Å². The number of carbonyl (C=O) groups excluding carboxylic acids is 1. The summed E-state index contributed by atoms with van der Waals surface area (Å²) in [5.41, 5.74) is 0.538. The Morgan fingerprint density at radius 3 is 2.68 bits per heavy atom. The molecular formula is C18H19ClN2O5S2. The zero-order chi connectivity index (χ0) is 19.7. The van der Waals surface area contributed by atoms with Gasteiger partial charge in [0.15, 0.2) is 11.5 Å². The summed E-state index contributed by atoms with van der Waals surface area (Å²) in [5.74, 6) is 0.827. The fraction of sp³-hybridized carbons (Fsp3) is 0.389. The fourth-order valence-electron chi connectivity index (χ4n) is 3.35. The number of nitrogens with zero attached hydrogens (tertiary/aromatic N) is 1. The second-order valence-corrected chi connectivity index (χ2v) is 10.4. The summed E-state index contributed by atoms with van der Waals surface area (Å²) in [5, 5.41) is 2.82. The molecule has 1 amide bonds. The van der Waals surface area contributed by atoms with E-state index < -0.39 is 16.1 Å². The van der Waals surface area contributed by atoms with Crippen molar-refractivity contribution >= 4 is 44.6 Å². The molecule has 4 rings (SSSR count). The highest BCUT2D eigenvalue weighted by Gasteiger charge is 2.38. The summed E-state index contributed by atoms with van der Waals surface area (Å²) in [6, 6.07) is 7.39. The number of anilines is 1. The molecular weight excluding hydrogens is 424 g/mol. The molecule has 1 aromatic carbocycles. The molecule has 2 aliphatic rings. The van der Waals surface area contributed by atoms with Crippen molar-refractivity contribution in [2.24, 2.45) is 0 Å². The van der Waals surface area contributed by atoms with Crippen LogP contribution in [0.15, 0.2) is 34.5 Å². The number of thiophene rings is 1. The zero-order valence-electron chi connectivity index (χ0n) is 14.9. The first-order valence-corrected chi connectivity index (χ1v) is 11.6. The van der Waals surface area contributed by atoms with Crippen LogP contribution in [0.25, 0.3) is 0 Å². The highest BCUT2D eigenvalue weighted by atomic mass is 35.5. The predicted octanol–water partition coefficient (Wildman–Crippen LogP) is 3.35. The quantitative estimate of drug-likeness (QED) is 0.784. The molecule has 0 unspecified atom stereocenters. The third-order valence-electron chi connectivity index (χ3n) is 4.68. The molecule has 7 nitrogen and oxygen atoms in total. The minimum absolute atomic E-state index is 0.150. The summed E-state index contributed by atoms with van der Waals surface area (Å²) < 4.78 is 38.9. The smallest absolute Gasteiger partial charge is 0.253 e. The monoisotopic (exact) mass is 442 g/mol. The van der Waals surface area contributed by atoms with Gasteiger partial charge in [-0.2, -0.15) is 4.31 Å². The van der Waals surface area contributed by atoms with Gasteiger partial charge < -0.3 is 14.8 Å². The molecule has 2 aromatic rings. The number of benzene rings is 1. The van der Waals surface area contributed by atoms with Crippen LogP contribution in [-0.2, 0) is 14.8 Å². The summed E-state index contributed by atoms with van der Waals surface area (Å²) in [7, 11) is -3.78. The molecule has 1 fully saturated rings. The Bertz CT molecular complexity index is 992.